The van der Waals surface area contributed by atoms with Gasteiger partial charge in [-0.25, -0.2) is 0 Å². The van der Waals surface area contributed by atoms with E-state index in [0.29, 0.717) is 24.8 Å². The number of para-hydroxylation sites is 1. The maximum Gasteiger partial charge on any atom is 0.253 e. The Hall–Kier alpha value is -1.55. The van der Waals surface area contributed by atoms with Crippen LogP contribution in [0.25, 0.3) is 0 Å². The molecule has 0 spiro atoms. The lowest BCUT2D eigenvalue weighted by molar-refractivity contribution is 0.0941. The third-order valence-corrected chi connectivity index (χ3v) is 3.01. The zero-order valence-electron chi connectivity index (χ0n) is 13.4. The minimum atomic E-state index is -0.0349. The summed E-state index contributed by atoms with van der Waals surface area (Å²) in [5, 5.41) is 6.24. The van der Waals surface area contributed by atoms with Gasteiger partial charge >= 0.3 is 0 Å². The third-order valence-electron chi connectivity index (χ3n) is 3.01. The first kappa shape index (κ1) is 17.5. The highest BCUT2D eigenvalue weighted by atomic mass is 16.5. The first-order chi connectivity index (χ1) is 10.1. The Morgan fingerprint density at radius 3 is 2.62 bits per heavy atom. The summed E-state index contributed by atoms with van der Waals surface area (Å²) in [7, 11) is 0. The number of unbranched alkanes of at least 4 members (excludes halogenated alkanes) is 1. The normalized spacial score (nSPS) is 10.7. The van der Waals surface area contributed by atoms with E-state index in [4.69, 9.17) is 4.74 Å². The first-order valence-electron chi connectivity index (χ1n) is 7.86. The summed E-state index contributed by atoms with van der Waals surface area (Å²) in [5.74, 6) is -0.0349. The smallest absolute Gasteiger partial charge is 0.253 e. The second-order valence-electron chi connectivity index (χ2n) is 5.42. The number of hydrogen-bond acceptors (Lipinski definition) is 3. The van der Waals surface area contributed by atoms with Crippen molar-refractivity contribution in [3.63, 3.8) is 0 Å². The van der Waals surface area contributed by atoms with E-state index >= 15 is 0 Å². The van der Waals surface area contributed by atoms with Crippen LogP contribution in [0, 0.1) is 0 Å². The fraction of sp³-hybridized carbons (Fsp3) is 0.588. The lowest BCUT2D eigenvalue weighted by Gasteiger charge is -2.14. The van der Waals surface area contributed by atoms with E-state index in [1.54, 1.807) is 0 Å². The molecule has 0 unspecified atom stereocenters. The van der Waals surface area contributed by atoms with Crippen LogP contribution in [0.2, 0.25) is 0 Å². The zero-order valence-corrected chi connectivity index (χ0v) is 13.4. The molecule has 0 bridgehead atoms. The van der Waals surface area contributed by atoms with Gasteiger partial charge in [0.2, 0.25) is 0 Å². The van der Waals surface area contributed by atoms with Gasteiger partial charge in [-0.3, -0.25) is 4.79 Å². The molecule has 0 heterocycles. The molecule has 118 valence electrons. The molecule has 0 fully saturated rings. The minimum absolute atomic E-state index is 0.0349. The Balaban J connectivity index is 2.35. The predicted octanol–water partition coefficient (Wildman–Crippen LogP) is 3.44. The van der Waals surface area contributed by atoms with Gasteiger partial charge in [0.25, 0.3) is 5.91 Å². The predicted molar refractivity (Wildman–Crippen MR) is 87.9 cm³/mol. The lowest BCUT2D eigenvalue weighted by Crippen LogP contribution is -2.26. The van der Waals surface area contributed by atoms with Gasteiger partial charge in [-0.15, -0.1) is 0 Å². The number of ether oxygens (including phenoxy) is 1. The molecule has 0 aliphatic heterocycles. The van der Waals surface area contributed by atoms with Crippen LogP contribution in [-0.4, -0.2) is 31.7 Å². The second kappa shape index (κ2) is 10.2. The summed E-state index contributed by atoms with van der Waals surface area (Å²) in [4.78, 5) is 12.2. The first-order valence-corrected chi connectivity index (χ1v) is 7.86. The van der Waals surface area contributed by atoms with Gasteiger partial charge < -0.3 is 15.4 Å². The number of carbonyl (C=O) groups excluding carboxylic acids is 1. The van der Waals surface area contributed by atoms with Crippen LogP contribution in [0.15, 0.2) is 24.3 Å². The van der Waals surface area contributed by atoms with Crippen LogP contribution < -0.4 is 10.6 Å². The monoisotopic (exact) mass is 292 g/mol. The molecular formula is C17H28N2O2. The molecule has 1 aromatic rings. The number of nitrogens with one attached hydrogen (secondary N) is 2. The molecule has 4 heteroatoms. The topological polar surface area (TPSA) is 50.4 Å². The summed E-state index contributed by atoms with van der Waals surface area (Å²) in [5.41, 5.74) is 1.57. The highest BCUT2D eigenvalue weighted by molar-refractivity contribution is 5.99. The van der Waals surface area contributed by atoms with Gasteiger partial charge in [0.05, 0.1) is 5.56 Å². The molecule has 0 saturated heterocycles. The minimum Gasteiger partial charge on any atom is -0.382 e. The van der Waals surface area contributed by atoms with Crippen molar-refractivity contribution in [2.45, 2.75) is 46.1 Å². The van der Waals surface area contributed by atoms with Crippen LogP contribution >= 0.6 is 0 Å². The average molecular weight is 292 g/mol. The van der Waals surface area contributed by atoms with Crippen molar-refractivity contribution >= 4 is 11.6 Å². The highest BCUT2D eigenvalue weighted by Crippen LogP contribution is 2.15. The SMILES string of the molecule is CCCCOCCCNC(=O)c1ccccc1NC(C)C. The van der Waals surface area contributed by atoms with E-state index in [9.17, 15) is 4.79 Å². The number of hydrogen-bond donors (Lipinski definition) is 2. The van der Waals surface area contributed by atoms with E-state index in [1.807, 2.05) is 24.3 Å². The van der Waals surface area contributed by atoms with Crippen LogP contribution in [0.4, 0.5) is 5.69 Å². The maximum absolute atomic E-state index is 12.2. The van der Waals surface area contributed by atoms with Crippen molar-refractivity contribution < 1.29 is 9.53 Å². The van der Waals surface area contributed by atoms with E-state index in [1.165, 1.54) is 0 Å². The Morgan fingerprint density at radius 2 is 1.90 bits per heavy atom. The van der Waals surface area contributed by atoms with E-state index in [0.717, 1.165) is 31.6 Å². The van der Waals surface area contributed by atoms with Crippen molar-refractivity contribution in [3.05, 3.63) is 29.8 Å². The Kier molecular flexibility index (Phi) is 8.51. The van der Waals surface area contributed by atoms with Crippen LogP contribution in [0.1, 0.15) is 50.4 Å². The Labute approximate surface area is 128 Å². The Morgan fingerprint density at radius 1 is 1.19 bits per heavy atom. The lowest BCUT2D eigenvalue weighted by atomic mass is 10.1. The molecule has 21 heavy (non-hydrogen) atoms. The third kappa shape index (κ3) is 7.14. The summed E-state index contributed by atoms with van der Waals surface area (Å²) >= 11 is 0. The molecule has 4 nitrogen and oxygen atoms in total. The molecule has 1 rings (SSSR count). The zero-order chi connectivity index (χ0) is 15.5. The van der Waals surface area contributed by atoms with E-state index in [2.05, 4.69) is 31.4 Å². The summed E-state index contributed by atoms with van der Waals surface area (Å²) < 4.78 is 5.47. The van der Waals surface area contributed by atoms with Crippen LogP contribution in [0.5, 0.6) is 0 Å². The van der Waals surface area contributed by atoms with Gasteiger partial charge in [0, 0.05) is 31.5 Å². The molecule has 0 saturated carbocycles. The molecule has 0 radical (unpaired) electrons. The second-order valence-corrected chi connectivity index (χ2v) is 5.42. The molecule has 1 aromatic carbocycles. The maximum atomic E-state index is 12.2. The van der Waals surface area contributed by atoms with Gasteiger partial charge in [0.15, 0.2) is 0 Å². The van der Waals surface area contributed by atoms with Crippen molar-refractivity contribution in [2.75, 3.05) is 25.1 Å². The highest BCUT2D eigenvalue weighted by Gasteiger charge is 2.10. The molecule has 0 aliphatic carbocycles. The molecule has 2 N–H and O–H groups in total. The number of rotatable bonds is 10. The van der Waals surface area contributed by atoms with Gasteiger partial charge in [-0.1, -0.05) is 25.5 Å². The van der Waals surface area contributed by atoms with Gasteiger partial charge in [-0.2, -0.15) is 0 Å². The fourth-order valence-corrected chi connectivity index (χ4v) is 1.94. The van der Waals surface area contributed by atoms with Crippen molar-refractivity contribution in [1.29, 1.82) is 0 Å². The standard InChI is InChI=1S/C17H28N2O2/c1-4-5-12-21-13-8-11-18-17(20)15-9-6-7-10-16(15)19-14(2)3/h6-7,9-10,14,19H,4-5,8,11-13H2,1-3H3,(H,18,20). The fourth-order valence-electron chi connectivity index (χ4n) is 1.94. The quantitative estimate of drug-likeness (QED) is 0.649. The summed E-state index contributed by atoms with van der Waals surface area (Å²) in [6.07, 6.45) is 3.09. The number of benzene rings is 1. The molecule has 1 amide bonds. The van der Waals surface area contributed by atoms with Crippen molar-refractivity contribution in [3.8, 4) is 0 Å². The molecular weight excluding hydrogens is 264 g/mol. The summed E-state index contributed by atoms with van der Waals surface area (Å²) in [6, 6.07) is 7.89. The number of amides is 1. The van der Waals surface area contributed by atoms with Crippen LogP contribution in [-0.2, 0) is 4.74 Å². The van der Waals surface area contributed by atoms with Gasteiger partial charge in [0.1, 0.15) is 0 Å². The number of carbonyl (C=O) groups is 1. The van der Waals surface area contributed by atoms with Gasteiger partial charge in [-0.05, 0) is 38.8 Å². The van der Waals surface area contributed by atoms with Crippen molar-refractivity contribution in [2.24, 2.45) is 0 Å². The molecule has 0 atom stereocenters. The largest absolute Gasteiger partial charge is 0.382 e. The Bertz CT molecular complexity index is 419. The number of anilines is 1. The van der Waals surface area contributed by atoms with Crippen molar-refractivity contribution in [1.82, 2.24) is 5.32 Å². The molecule has 0 aliphatic rings. The van der Waals surface area contributed by atoms with E-state index < -0.39 is 0 Å². The average Bonchev–Trinajstić information content (AvgIpc) is 2.46. The molecule has 0 aromatic heterocycles. The summed E-state index contributed by atoms with van der Waals surface area (Å²) in [6.45, 7) is 8.41. The van der Waals surface area contributed by atoms with E-state index in [-0.39, 0.29) is 5.91 Å². The van der Waals surface area contributed by atoms with Crippen LogP contribution in [0.3, 0.4) is 0 Å².